The van der Waals surface area contributed by atoms with E-state index in [9.17, 15) is 10.1 Å². The number of nitrogens with zero attached hydrogens (tertiary/aromatic N) is 2. The maximum atomic E-state index is 10.8. The van der Waals surface area contributed by atoms with Crippen molar-refractivity contribution in [2.75, 3.05) is 0 Å². The van der Waals surface area contributed by atoms with Gasteiger partial charge in [0.05, 0.1) is 30.9 Å². The van der Waals surface area contributed by atoms with Crippen molar-refractivity contribution in [3.63, 3.8) is 0 Å². The van der Waals surface area contributed by atoms with Crippen LogP contribution in [0.1, 0.15) is 5.56 Å². The second kappa shape index (κ2) is 5.79. The van der Waals surface area contributed by atoms with E-state index in [-0.39, 0.29) is 15.7 Å². The van der Waals surface area contributed by atoms with E-state index >= 15 is 0 Å². The molecule has 3 aromatic rings. The minimum atomic E-state index is -0.532. The summed E-state index contributed by atoms with van der Waals surface area (Å²) in [6.45, 7) is 2.00. The van der Waals surface area contributed by atoms with Gasteiger partial charge in [0.25, 0.3) is 5.69 Å². The van der Waals surface area contributed by atoms with Crippen LogP contribution in [0.4, 0.5) is 5.69 Å². The molecule has 0 atom stereocenters. The van der Waals surface area contributed by atoms with E-state index in [1.165, 1.54) is 23.9 Å². The molecule has 1 heterocycles. The molecule has 0 radical (unpaired) electrons. The number of fused-ring (bicyclic) bond motifs is 1. The number of non-ortho nitro benzene ring substituents is 1. The maximum absolute atomic E-state index is 10.8. The smallest absolute Gasteiger partial charge is 0.272 e. The van der Waals surface area contributed by atoms with Crippen LogP contribution in [0.2, 0.25) is 10.0 Å². The fourth-order valence-corrected chi connectivity index (χ4v) is 3.51. The largest absolute Gasteiger partial charge is 0.333 e. The lowest BCUT2D eigenvalue weighted by Crippen LogP contribution is -1.89. The summed E-state index contributed by atoms with van der Waals surface area (Å²) in [4.78, 5) is 18.4. The number of H-pyrrole nitrogens is 1. The number of benzene rings is 2. The number of aromatic amines is 1. The molecule has 22 heavy (non-hydrogen) atoms. The third-order valence-corrected chi connectivity index (χ3v) is 4.86. The van der Waals surface area contributed by atoms with Crippen LogP contribution >= 0.6 is 35.0 Å². The number of rotatable bonds is 3. The number of imidazole rings is 1. The van der Waals surface area contributed by atoms with Gasteiger partial charge in [-0.25, -0.2) is 4.98 Å². The summed E-state index contributed by atoms with van der Waals surface area (Å²) in [5, 5.41) is 11.9. The highest BCUT2D eigenvalue weighted by Gasteiger charge is 2.17. The highest BCUT2D eigenvalue weighted by atomic mass is 35.5. The van der Waals surface area contributed by atoms with Crippen LogP contribution < -0.4 is 0 Å². The summed E-state index contributed by atoms with van der Waals surface area (Å²) in [5.41, 5.74) is 2.73. The highest BCUT2D eigenvalue weighted by Crippen LogP contribution is 2.40. The van der Waals surface area contributed by atoms with Crippen molar-refractivity contribution in [1.82, 2.24) is 9.97 Å². The zero-order valence-corrected chi connectivity index (χ0v) is 13.6. The third kappa shape index (κ3) is 2.90. The second-order valence-electron chi connectivity index (χ2n) is 4.66. The van der Waals surface area contributed by atoms with Crippen LogP contribution in [-0.4, -0.2) is 14.9 Å². The lowest BCUT2D eigenvalue weighted by molar-refractivity contribution is -0.384. The SMILES string of the molecule is Cc1ccc2nc(Sc3c(Cl)cc([N+](=O)[O-])cc3Cl)[nH]c2c1. The summed E-state index contributed by atoms with van der Waals surface area (Å²) in [6, 6.07) is 8.45. The van der Waals surface area contributed by atoms with E-state index in [4.69, 9.17) is 23.2 Å². The summed E-state index contributed by atoms with van der Waals surface area (Å²) in [6.07, 6.45) is 0. The highest BCUT2D eigenvalue weighted by molar-refractivity contribution is 7.99. The molecule has 0 saturated carbocycles. The molecule has 3 rings (SSSR count). The normalized spacial score (nSPS) is 11.0. The number of aromatic nitrogens is 2. The number of hydrogen-bond acceptors (Lipinski definition) is 4. The van der Waals surface area contributed by atoms with Crippen molar-refractivity contribution in [3.8, 4) is 0 Å². The molecule has 0 spiro atoms. The molecule has 0 amide bonds. The lowest BCUT2D eigenvalue weighted by Gasteiger charge is -2.04. The van der Waals surface area contributed by atoms with Gasteiger partial charge in [0.1, 0.15) is 0 Å². The van der Waals surface area contributed by atoms with E-state index < -0.39 is 4.92 Å². The Morgan fingerprint density at radius 1 is 1.23 bits per heavy atom. The van der Waals surface area contributed by atoms with E-state index in [1.807, 2.05) is 25.1 Å². The molecule has 0 aliphatic heterocycles. The molecule has 0 aliphatic rings. The Morgan fingerprint density at radius 3 is 2.55 bits per heavy atom. The first kappa shape index (κ1) is 15.1. The molecule has 1 N–H and O–H groups in total. The van der Waals surface area contributed by atoms with Gasteiger partial charge in [-0.05, 0) is 36.4 Å². The van der Waals surface area contributed by atoms with Gasteiger partial charge in [-0.15, -0.1) is 0 Å². The van der Waals surface area contributed by atoms with Crippen LogP contribution in [0.25, 0.3) is 11.0 Å². The summed E-state index contributed by atoms with van der Waals surface area (Å²) in [7, 11) is 0. The quantitative estimate of drug-likeness (QED) is 0.516. The van der Waals surface area contributed by atoms with E-state index in [0.717, 1.165) is 16.6 Å². The van der Waals surface area contributed by atoms with Crippen molar-refractivity contribution < 1.29 is 4.92 Å². The molecule has 2 aromatic carbocycles. The number of nitrogens with one attached hydrogen (secondary N) is 1. The molecule has 0 aliphatic carbocycles. The number of halogens is 2. The summed E-state index contributed by atoms with van der Waals surface area (Å²) < 4.78 is 0. The van der Waals surface area contributed by atoms with Crippen molar-refractivity contribution in [2.24, 2.45) is 0 Å². The minimum absolute atomic E-state index is 0.139. The molecule has 0 saturated heterocycles. The molecule has 8 heteroatoms. The Hall–Kier alpha value is -1.76. The summed E-state index contributed by atoms with van der Waals surface area (Å²) in [5.74, 6) is 0. The van der Waals surface area contributed by atoms with Crippen LogP contribution in [0.5, 0.6) is 0 Å². The Morgan fingerprint density at radius 2 is 1.91 bits per heavy atom. The lowest BCUT2D eigenvalue weighted by atomic mass is 10.2. The molecule has 1 aromatic heterocycles. The summed E-state index contributed by atoms with van der Waals surface area (Å²) >= 11 is 13.4. The Labute approximate surface area is 139 Å². The van der Waals surface area contributed by atoms with Crippen molar-refractivity contribution in [2.45, 2.75) is 17.0 Å². The van der Waals surface area contributed by atoms with E-state index in [2.05, 4.69) is 9.97 Å². The Kier molecular flexibility index (Phi) is 3.99. The van der Waals surface area contributed by atoms with Gasteiger partial charge in [0.15, 0.2) is 5.16 Å². The molecular formula is C14H9Cl2N3O2S. The van der Waals surface area contributed by atoms with Crippen LogP contribution in [0.3, 0.4) is 0 Å². The first-order chi connectivity index (χ1) is 10.4. The predicted octanol–water partition coefficient (Wildman–Crippen LogP) is 5.24. The second-order valence-corrected chi connectivity index (χ2v) is 6.47. The fourth-order valence-electron chi connectivity index (χ4n) is 1.99. The minimum Gasteiger partial charge on any atom is -0.333 e. The van der Waals surface area contributed by atoms with Gasteiger partial charge in [0, 0.05) is 12.1 Å². The average Bonchev–Trinajstić information content (AvgIpc) is 2.84. The molecular weight excluding hydrogens is 345 g/mol. The predicted molar refractivity (Wildman–Crippen MR) is 88.1 cm³/mol. The fraction of sp³-hybridized carbons (Fsp3) is 0.0714. The number of nitro benzene ring substituents is 1. The molecule has 0 unspecified atom stereocenters. The average molecular weight is 354 g/mol. The molecule has 0 fully saturated rings. The molecule has 0 bridgehead atoms. The van der Waals surface area contributed by atoms with Gasteiger partial charge in [-0.3, -0.25) is 10.1 Å². The van der Waals surface area contributed by atoms with Crippen LogP contribution in [0.15, 0.2) is 40.4 Å². The van der Waals surface area contributed by atoms with Crippen molar-refractivity contribution in [3.05, 3.63) is 56.1 Å². The zero-order chi connectivity index (χ0) is 15.9. The van der Waals surface area contributed by atoms with Gasteiger partial charge in [-0.1, -0.05) is 29.3 Å². The Balaban J connectivity index is 1.99. The topological polar surface area (TPSA) is 71.8 Å². The Bertz CT molecular complexity index is 872. The zero-order valence-electron chi connectivity index (χ0n) is 11.3. The maximum Gasteiger partial charge on any atom is 0.272 e. The van der Waals surface area contributed by atoms with Gasteiger partial charge < -0.3 is 4.98 Å². The van der Waals surface area contributed by atoms with Crippen molar-refractivity contribution in [1.29, 1.82) is 0 Å². The van der Waals surface area contributed by atoms with Gasteiger partial charge in [0.2, 0.25) is 0 Å². The molecule has 112 valence electrons. The molecule has 5 nitrogen and oxygen atoms in total. The first-order valence-corrected chi connectivity index (χ1v) is 7.79. The third-order valence-electron chi connectivity index (χ3n) is 3.01. The number of aryl methyl sites for hydroxylation is 1. The van der Waals surface area contributed by atoms with Gasteiger partial charge in [-0.2, -0.15) is 0 Å². The number of nitro groups is 1. The van der Waals surface area contributed by atoms with Crippen LogP contribution in [-0.2, 0) is 0 Å². The van der Waals surface area contributed by atoms with Crippen molar-refractivity contribution >= 4 is 51.7 Å². The van der Waals surface area contributed by atoms with E-state index in [1.54, 1.807) is 0 Å². The monoisotopic (exact) mass is 353 g/mol. The number of hydrogen-bond donors (Lipinski definition) is 1. The first-order valence-electron chi connectivity index (χ1n) is 6.21. The van der Waals surface area contributed by atoms with Gasteiger partial charge >= 0.3 is 0 Å². The van der Waals surface area contributed by atoms with E-state index in [0.29, 0.717) is 10.1 Å². The van der Waals surface area contributed by atoms with Crippen LogP contribution in [0, 0.1) is 17.0 Å². The standard InChI is InChI=1S/C14H9Cl2N3O2S/c1-7-2-3-11-12(4-7)18-14(17-11)22-13-9(15)5-8(19(20)21)6-10(13)16/h2-6H,1H3,(H,17,18).